The second-order valence-electron chi connectivity index (χ2n) is 6.24. The largest absolute Gasteiger partial charge is 0.336 e. The lowest BCUT2D eigenvalue weighted by Crippen LogP contribution is -2.55. The van der Waals surface area contributed by atoms with Crippen molar-refractivity contribution in [3.63, 3.8) is 0 Å². The SMILES string of the molecule is CN(C(=O)CC1NCCN(Cc2ccccc2)C1=O)c1ccccc1.Cl. The van der Waals surface area contributed by atoms with Crippen LogP contribution in [0.25, 0.3) is 0 Å². The first kappa shape index (κ1) is 19.9. The third-order valence-corrected chi connectivity index (χ3v) is 4.49. The summed E-state index contributed by atoms with van der Waals surface area (Å²) in [5.74, 6) is -0.0801. The second-order valence-corrected chi connectivity index (χ2v) is 6.24. The smallest absolute Gasteiger partial charge is 0.240 e. The quantitative estimate of drug-likeness (QED) is 0.876. The molecule has 6 heteroatoms. The number of rotatable bonds is 5. The summed E-state index contributed by atoms with van der Waals surface area (Å²) >= 11 is 0. The van der Waals surface area contributed by atoms with Crippen LogP contribution in [-0.2, 0) is 16.1 Å². The van der Waals surface area contributed by atoms with Gasteiger partial charge in [0.2, 0.25) is 11.8 Å². The highest BCUT2D eigenvalue weighted by molar-refractivity contribution is 5.97. The first-order valence-electron chi connectivity index (χ1n) is 8.53. The monoisotopic (exact) mass is 373 g/mol. The zero-order valence-electron chi connectivity index (χ0n) is 14.8. The van der Waals surface area contributed by atoms with Crippen LogP contribution in [0.5, 0.6) is 0 Å². The average Bonchev–Trinajstić information content (AvgIpc) is 2.66. The highest BCUT2D eigenvalue weighted by atomic mass is 35.5. The maximum Gasteiger partial charge on any atom is 0.240 e. The van der Waals surface area contributed by atoms with Crippen molar-refractivity contribution in [2.24, 2.45) is 0 Å². The maximum atomic E-state index is 12.7. The Balaban J connectivity index is 0.00000243. The molecule has 138 valence electrons. The Bertz CT molecular complexity index is 724. The van der Waals surface area contributed by atoms with E-state index in [1.54, 1.807) is 11.9 Å². The molecule has 0 spiro atoms. The summed E-state index contributed by atoms with van der Waals surface area (Å²) in [6, 6.07) is 18.9. The van der Waals surface area contributed by atoms with E-state index in [2.05, 4.69) is 5.32 Å². The molecular weight excluding hydrogens is 350 g/mol. The molecule has 1 unspecified atom stereocenters. The van der Waals surface area contributed by atoms with E-state index < -0.39 is 6.04 Å². The Morgan fingerprint density at radius 3 is 2.38 bits per heavy atom. The summed E-state index contributed by atoms with van der Waals surface area (Å²) in [4.78, 5) is 28.7. The van der Waals surface area contributed by atoms with Gasteiger partial charge in [-0.25, -0.2) is 0 Å². The molecule has 0 aliphatic carbocycles. The number of halogens is 1. The molecule has 0 bridgehead atoms. The Morgan fingerprint density at radius 2 is 1.73 bits per heavy atom. The second kappa shape index (κ2) is 9.36. The Hall–Kier alpha value is -2.37. The molecule has 2 aromatic carbocycles. The van der Waals surface area contributed by atoms with Gasteiger partial charge in [0.15, 0.2) is 0 Å². The zero-order chi connectivity index (χ0) is 17.6. The molecule has 0 radical (unpaired) electrons. The number of amides is 2. The van der Waals surface area contributed by atoms with Gasteiger partial charge in [0.05, 0.1) is 12.5 Å². The van der Waals surface area contributed by atoms with Crippen molar-refractivity contribution in [2.75, 3.05) is 25.0 Å². The minimum atomic E-state index is -0.462. The van der Waals surface area contributed by atoms with Gasteiger partial charge in [0, 0.05) is 32.4 Å². The summed E-state index contributed by atoms with van der Waals surface area (Å²) in [5, 5.41) is 3.18. The summed E-state index contributed by atoms with van der Waals surface area (Å²) in [6.07, 6.45) is 0.162. The van der Waals surface area contributed by atoms with E-state index in [1.165, 1.54) is 0 Å². The van der Waals surface area contributed by atoms with Crippen LogP contribution in [0.3, 0.4) is 0 Å². The molecule has 2 aromatic rings. The number of piperazine rings is 1. The summed E-state index contributed by atoms with van der Waals surface area (Å²) in [5.41, 5.74) is 1.93. The fraction of sp³-hybridized carbons (Fsp3) is 0.300. The topological polar surface area (TPSA) is 52.7 Å². The maximum absolute atomic E-state index is 12.7. The van der Waals surface area contributed by atoms with Gasteiger partial charge >= 0.3 is 0 Å². The van der Waals surface area contributed by atoms with Crippen molar-refractivity contribution in [1.29, 1.82) is 0 Å². The van der Waals surface area contributed by atoms with Gasteiger partial charge in [0.1, 0.15) is 0 Å². The van der Waals surface area contributed by atoms with E-state index in [4.69, 9.17) is 0 Å². The normalized spacial score (nSPS) is 16.7. The number of anilines is 1. The molecule has 0 aromatic heterocycles. The van der Waals surface area contributed by atoms with E-state index in [0.29, 0.717) is 19.6 Å². The number of nitrogens with zero attached hydrogens (tertiary/aromatic N) is 2. The van der Waals surface area contributed by atoms with Gasteiger partial charge in [-0.05, 0) is 17.7 Å². The standard InChI is InChI=1S/C20H23N3O2.ClH/c1-22(17-10-6-3-7-11-17)19(24)14-18-20(25)23(13-12-21-18)15-16-8-4-2-5-9-16;/h2-11,18,21H,12-15H2,1H3;1H. The van der Waals surface area contributed by atoms with Crippen molar-refractivity contribution in [3.8, 4) is 0 Å². The van der Waals surface area contributed by atoms with Crippen LogP contribution < -0.4 is 10.2 Å². The van der Waals surface area contributed by atoms with Gasteiger partial charge in [-0.1, -0.05) is 48.5 Å². The lowest BCUT2D eigenvalue weighted by molar-refractivity contribution is -0.138. The molecule has 1 heterocycles. The van der Waals surface area contributed by atoms with E-state index in [0.717, 1.165) is 11.3 Å². The number of nitrogens with one attached hydrogen (secondary N) is 1. The van der Waals surface area contributed by atoms with Crippen LogP contribution in [0.4, 0.5) is 5.69 Å². The summed E-state index contributed by atoms with van der Waals surface area (Å²) in [6.45, 7) is 1.94. The summed E-state index contributed by atoms with van der Waals surface area (Å²) in [7, 11) is 1.74. The predicted octanol–water partition coefficient (Wildman–Crippen LogP) is 2.46. The third kappa shape index (κ3) is 4.84. The first-order valence-corrected chi connectivity index (χ1v) is 8.53. The van der Waals surface area contributed by atoms with Crippen LogP contribution in [0.15, 0.2) is 60.7 Å². The van der Waals surface area contributed by atoms with E-state index in [9.17, 15) is 9.59 Å². The molecule has 0 saturated carbocycles. The molecule has 3 rings (SSSR count). The lowest BCUT2D eigenvalue weighted by atomic mass is 10.1. The fourth-order valence-electron chi connectivity index (χ4n) is 3.02. The molecular formula is C20H24ClN3O2. The van der Waals surface area contributed by atoms with Gasteiger partial charge < -0.3 is 15.1 Å². The number of para-hydroxylation sites is 1. The lowest BCUT2D eigenvalue weighted by Gasteiger charge is -2.33. The van der Waals surface area contributed by atoms with Crippen LogP contribution in [0.1, 0.15) is 12.0 Å². The molecule has 1 aliphatic rings. The van der Waals surface area contributed by atoms with Crippen molar-refractivity contribution in [1.82, 2.24) is 10.2 Å². The first-order chi connectivity index (χ1) is 12.1. The fourth-order valence-corrected chi connectivity index (χ4v) is 3.02. The molecule has 1 fully saturated rings. The average molecular weight is 374 g/mol. The van der Waals surface area contributed by atoms with Crippen LogP contribution in [0.2, 0.25) is 0 Å². The molecule has 26 heavy (non-hydrogen) atoms. The molecule has 1 atom stereocenters. The van der Waals surface area contributed by atoms with Crippen molar-refractivity contribution < 1.29 is 9.59 Å². The predicted molar refractivity (Wildman–Crippen MR) is 105 cm³/mol. The Labute approximate surface area is 160 Å². The van der Waals surface area contributed by atoms with E-state index >= 15 is 0 Å². The van der Waals surface area contributed by atoms with Crippen LogP contribution >= 0.6 is 12.4 Å². The molecule has 5 nitrogen and oxygen atoms in total. The Kier molecular flexibility index (Phi) is 7.18. The van der Waals surface area contributed by atoms with Crippen molar-refractivity contribution in [2.45, 2.75) is 19.0 Å². The highest BCUT2D eigenvalue weighted by Crippen LogP contribution is 2.15. The van der Waals surface area contributed by atoms with Gasteiger partial charge in [-0.2, -0.15) is 0 Å². The van der Waals surface area contributed by atoms with Gasteiger partial charge in [-0.15, -0.1) is 12.4 Å². The number of carbonyl (C=O) groups excluding carboxylic acids is 2. The highest BCUT2D eigenvalue weighted by Gasteiger charge is 2.31. The minimum Gasteiger partial charge on any atom is -0.336 e. The van der Waals surface area contributed by atoms with E-state index in [1.807, 2.05) is 65.6 Å². The van der Waals surface area contributed by atoms with Gasteiger partial charge in [-0.3, -0.25) is 9.59 Å². The molecule has 1 N–H and O–H groups in total. The minimum absolute atomic E-state index is 0. The third-order valence-electron chi connectivity index (χ3n) is 4.49. The molecule has 1 saturated heterocycles. The van der Waals surface area contributed by atoms with E-state index in [-0.39, 0.29) is 30.6 Å². The number of carbonyl (C=O) groups is 2. The number of hydrogen-bond donors (Lipinski definition) is 1. The Morgan fingerprint density at radius 1 is 1.12 bits per heavy atom. The van der Waals surface area contributed by atoms with Crippen LogP contribution in [-0.4, -0.2) is 42.9 Å². The van der Waals surface area contributed by atoms with Gasteiger partial charge in [0.25, 0.3) is 0 Å². The molecule has 1 aliphatic heterocycles. The summed E-state index contributed by atoms with van der Waals surface area (Å²) < 4.78 is 0. The van der Waals surface area contributed by atoms with Crippen molar-refractivity contribution >= 4 is 29.9 Å². The zero-order valence-corrected chi connectivity index (χ0v) is 15.6. The number of hydrogen-bond acceptors (Lipinski definition) is 3. The molecule has 2 amide bonds. The van der Waals surface area contributed by atoms with Crippen molar-refractivity contribution in [3.05, 3.63) is 66.2 Å². The van der Waals surface area contributed by atoms with Crippen LogP contribution in [0, 0.1) is 0 Å². The number of benzene rings is 2.